The molecule has 86 valence electrons. The van der Waals surface area contributed by atoms with Gasteiger partial charge in [0.15, 0.2) is 0 Å². The van der Waals surface area contributed by atoms with Gasteiger partial charge in [0.05, 0.1) is 17.8 Å². The van der Waals surface area contributed by atoms with E-state index in [4.69, 9.17) is 9.47 Å². The van der Waals surface area contributed by atoms with Gasteiger partial charge in [-0.2, -0.15) is 0 Å². The first-order chi connectivity index (χ1) is 6.78. The summed E-state index contributed by atoms with van der Waals surface area (Å²) in [7, 11) is 0. The van der Waals surface area contributed by atoms with Gasteiger partial charge in [0.1, 0.15) is 0 Å². The van der Waals surface area contributed by atoms with Crippen molar-refractivity contribution < 1.29 is 14.3 Å². The molecule has 1 saturated heterocycles. The molecule has 0 saturated carbocycles. The molecule has 0 aliphatic carbocycles. The van der Waals surface area contributed by atoms with E-state index in [2.05, 4.69) is 27.4 Å². The Morgan fingerprint density at radius 1 is 1.40 bits per heavy atom. The molecule has 0 bridgehead atoms. The normalized spacial score (nSPS) is 27.2. The van der Waals surface area contributed by atoms with Gasteiger partial charge < -0.3 is 9.47 Å². The van der Waals surface area contributed by atoms with Crippen molar-refractivity contribution in [3.05, 3.63) is 12.2 Å². The Kier molecular flexibility index (Phi) is 3.24. The summed E-state index contributed by atoms with van der Waals surface area (Å²) in [4.78, 5) is 11.1. The molecule has 1 unspecified atom stereocenters. The van der Waals surface area contributed by atoms with E-state index in [1.807, 2.05) is 0 Å². The highest BCUT2D eigenvalue weighted by atomic mass is 16.6. The second-order valence-corrected chi connectivity index (χ2v) is 4.86. The molecule has 1 aliphatic heterocycles. The molecule has 15 heavy (non-hydrogen) atoms. The van der Waals surface area contributed by atoms with Crippen LogP contribution in [0.3, 0.4) is 0 Å². The SMILES string of the molecule is C=C(C)C(=O)OCCCC1(C)OC1(C)C. The van der Waals surface area contributed by atoms with Gasteiger partial charge >= 0.3 is 5.97 Å². The van der Waals surface area contributed by atoms with Crippen LogP contribution in [0.5, 0.6) is 0 Å². The summed E-state index contributed by atoms with van der Waals surface area (Å²) in [5.41, 5.74) is 0.387. The Bertz CT molecular complexity index is 281. The molecule has 1 atom stereocenters. The van der Waals surface area contributed by atoms with E-state index in [1.54, 1.807) is 6.92 Å². The zero-order chi connectivity index (χ0) is 11.7. The van der Waals surface area contributed by atoms with Crippen molar-refractivity contribution in [2.45, 2.75) is 51.7 Å². The number of ether oxygens (including phenoxy) is 2. The number of rotatable bonds is 5. The van der Waals surface area contributed by atoms with Crippen LogP contribution in [0, 0.1) is 0 Å². The molecular formula is C12H20O3. The van der Waals surface area contributed by atoms with E-state index in [1.165, 1.54) is 0 Å². The smallest absolute Gasteiger partial charge is 0.333 e. The molecule has 0 spiro atoms. The van der Waals surface area contributed by atoms with Crippen LogP contribution in [0.2, 0.25) is 0 Å². The average molecular weight is 212 g/mol. The van der Waals surface area contributed by atoms with E-state index in [-0.39, 0.29) is 17.2 Å². The molecule has 1 heterocycles. The van der Waals surface area contributed by atoms with Gasteiger partial charge in [0, 0.05) is 5.57 Å². The Labute approximate surface area is 91.4 Å². The van der Waals surface area contributed by atoms with E-state index in [0.29, 0.717) is 12.2 Å². The molecule has 1 rings (SSSR count). The number of carbonyl (C=O) groups is 1. The number of hydrogen-bond donors (Lipinski definition) is 0. The van der Waals surface area contributed by atoms with Crippen molar-refractivity contribution >= 4 is 5.97 Å². The van der Waals surface area contributed by atoms with Crippen LogP contribution in [0.15, 0.2) is 12.2 Å². The molecule has 3 heteroatoms. The lowest BCUT2D eigenvalue weighted by Crippen LogP contribution is -2.17. The van der Waals surface area contributed by atoms with Gasteiger partial charge in [-0.15, -0.1) is 0 Å². The molecular weight excluding hydrogens is 192 g/mol. The second kappa shape index (κ2) is 3.97. The summed E-state index contributed by atoms with van der Waals surface area (Å²) in [6.45, 7) is 11.9. The minimum absolute atomic E-state index is 0.0225. The Balaban J connectivity index is 2.14. The Morgan fingerprint density at radius 3 is 2.33 bits per heavy atom. The minimum atomic E-state index is -0.309. The van der Waals surface area contributed by atoms with Gasteiger partial charge in [-0.1, -0.05) is 6.58 Å². The summed E-state index contributed by atoms with van der Waals surface area (Å²) >= 11 is 0. The predicted molar refractivity (Wildman–Crippen MR) is 58.6 cm³/mol. The number of esters is 1. The molecule has 1 aliphatic rings. The largest absolute Gasteiger partial charge is 0.462 e. The summed E-state index contributed by atoms with van der Waals surface area (Å²) in [6.07, 6.45) is 1.75. The number of hydrogen-bond acceptors (Lipinski definition) is 3. The quantitative estimate of drug-likeness (QED) is 0.304. The highest BCUT2D eigenvalue weighted by Crippen LogP contribution is 2.50. The average Bonchev–Trinajstić information content (AvgIpc) is 2.59. The number of epoxide rings is 1. The van der Waals surface area contributed by atoms with Gasteiger partial charge in [-0.25, -0.2) is 4.79 Å². The first-order valence-corrected chi connectivity index (χ1v) is 5.31. The lowest BCUT2D eigenvalue weighted by molar-refractivity contribution is -0.139. The zero-order valence-corrected chi connectivity index (χ0v) is 10.1. The van der Waals surface area contributed by atoms with Crippen LogP contribution in [-0.4, -0.2) is 23.8 Å². The van der Waals surface area contributed by atoms with E-state index < -0.39 is 0 Å². The maximum atomic E-state index is 11.1. The third-order valence-electron chi connectivity index (χ3n) is 3.09. The fourth-order valence-electron chi connectivity index (χ4n) is 1.59. The molecule has 0 radical (unpaired) electrons. The van der Waals surface area contributed by atoms with Gasteiger partial charge in [-0.3, -0.25) is 0 Å². The van der Waals surface area contributed by atoms with Crippen LogP contribution >= 0.6 is 0 Å². The first-order valence-electron chi connectivity index (χ1n) is 5.31. The van der Waals surface area contributed by atoms with Crippen LogP contribution in [0.1, 0.15) is 40.5 Å². The first kappa shape index (κ1) is 12.2. The third-order valence-corrected chi connectivity index (χ3v) is 3.09. The van der Waals surface area contributed by atoms with E-state index >= 15 is 0 Å². The zero-order valence-electron chi connectivity index (χ0n) is 10.1. The summed E-state index contributed by atoms with van der Waals surface area (Å²) in [5, 5.41) is 0. The molecule has 0 N–H and O–H groups in total. The van der Waals surface area contributed by atoms with Crippen LogP contribution in [0.4, 0.5) is 0 Å². The van der Waals surface area contributed by atoms with Crippen molar-refractivity contribution in [1.82, 2.24) is 0 Å². The lowest BCUT2D eigenvalue weighted by atomic mass is 9.93. The van der Waals surface area contributed by atoms with Gasteiger partial charge in [0.25, 0.3) is 0 Å². The van der Waals surface area contributed by atoms with Crippen molar-refractivity contribution in [1.29, 1.82) is 0 Å². The Morgan fingerprint density at radius 2 is 1.93 bits per heavy atom. The Hall–Kier alpha value is -0.830. The van der Waals surface area contributed by atoms with Crippen molar-refractivity contribution in [3.8, 4) is 0 Å². The van der Waals surface area contributed by atoms with E-state index in [0.717, 1.165) is 12.8 Å². The van der Waals surface area contributed by atoms with Crippen LogP contribution < -0.4 is 0 Å². The lowest BCUT2D eigenvalue weighted by Gasteiger charge is -2.09. The maximum Gasteiger partial charge on any atom is 0.333 e. The molecule has 0 aromatic heterocycles. The monoisotopic (exact) mass is 212 g/mol. The predicted octanol–water partition coefficient (Wildman–Crippen LogP) is 2.45. The fourth-order valence-corrected chi connectivity index (χ4v) is 1.59. The third kappa shape index (κ3) is 2.81. The standard InChI is InChI=1S/C12H20O3/c1-9(2)10(13)14-8-6-7-12(5)11(3,4)15-12/h1,6-8H2,2-5H3. The fraction of sp³-hybridized carbons (Fsp3) is 0.750. The van der Waals surface area contributed by atoms with Gasteiger partial charge in [-0.05, 0) is 40.5 Å². The highest BCUT2D eigenvalue weighted by Gasteiger charge is 2.59. The second-order valence-electron chi connectivity index (χ2n) is 4.86. The molecule has 0 aromatic carbocycles. The van der Waals surface area contributed by atoms with Crippen molar-refractivity contribution in [3.63, 3.8) is 0 Å². The van der Waals surface area contributed by atoms with Crippen LogP contribution in [0.25, 0.3) is 0 Å². The van der Waals surface area contributed by atoms with Crippen molar-refractivity contribution in [2.75, 3.05) is 6.61 Å². The molecule has 3 nitrogen and oxygen atoms in total. The van der Waals surface area contributed by atoms with Crippen LogP contribution in [-0.2, 0) is 14.3 Å². The summed E-state index contributed by atoms with van der Waals surface area (Å²) in [5.74, 6) is -0.309. The number of carbonyl (C=O) groups excluding carboxylic acids is 1. The maximum absolute atomic E-state index is 11.1. The minimum Gasteiger partial charge on any atom is -0.462 e. The molecule has 0 amide bonds. The van der Waals surface area contributed by atoms with Crippen molar-refractivity contribution in [2.24, 2.45) is 0 Å². The highest BCUT2D eigenvalue weighted by molar-refractivity contribution is 5.86. The molecule has 0 aromatic rings. The summed E-state index contributed by atoms with van der Waals surface area (Å²) in [6, 6.07) is 0. The molecule has 1 fully saturated rings. The summed E-state index contributed by atoms with van der Waals surface area (Å²) < 4.78 is 10.6. The van der Waals surface area contributed by atoms with E-state index in [9.17, 15) is 4.79 Å². The van der Waals surface area contributed by atoms with Gasteiger partial charge in [0.2, 0.25) is 0 Å². The topological polar surface area (TPSA) is 38.8 Å².